The van der Waals surface area contributed by atoms with Crippen molar-refractivity contribution in [2.45, 2.75) is 20.4 Å². The first-order valence-electron chi connectivity index (χ1n) is 5.78. The van der Waals surface area contributed by atoms with E-state index in [1.54, 1.807) is 6.07 Å². The molecule has 0 spiro atoms. The van der Waals surface area contributed by atoms with E-state index in [0.29, 0.717) is 16.6 Å². The first-order valence-corrected chi connectivity index (χ1v) is 6.53. The van der Waals surface area contributed by atoms with Crippen molar-refractivity contribution in [2.75, 3.05) is 0 Å². The highest BCUT2D eigenvalue weighted by Crippen LogP contribution is 2.29. The van der Waals surface area contributed by atoms with Gasteiger partial charge in [0.05, 0.1) is 0 Å². The van der Waals surface area contributed by atoms with Gasteiger partial charge in [0.15, 0.2) is 0 Å². The van der Waals surface area contributed by atoms with Gasteiger partial charge in [0, 0.05) is 16.6 Å². The smallest absolute Gasteiger partial charge is 0.0426 e. The number of hydrogen-bond acceptors (Lipinski definition) is 1. The number of aryl methyl sites for hydroxylation is 2. The maximum atomic E-state index is 6.03. The van der Waals surface area contributed by atoms with Crippen LogP contribution in [0.1, 0.15) is 16.7 Å². The fraction of sp³-hybridized carbons (Fsp3) is 0.200. The molecule has 0 aliphatic carbocycles. The second-order valence-electron chi connectivity index (χ2n) is 4.45. The number of rotatable bonds is 2. The Morgan fingerprint density at radius 3 is 1.68 bits per heavy atom. The second kappa shape index (κ2) is 6.62. The lowest BCUT2D eigenvalue weighted by Gasteiger charge is -2.11. The summed E-state index contributed by atoms with van der Waals surface area (Å²) < 4.78 is 0. The van der Waals surface area contributed by atoms with Gasteiger partial charge in [-0.1, -0.05) is 35.3 Å². The lowest BCUT2D eigenvalue weighted by Crippen LogP contribution is -2.02. The standard InChI is InChI=1S/C15H15Cl2N.ClH/c1-9-3-11(4-10(2)15(9)8-18)12-5-13(16)7-14(17)6-12;/h3-7H,8,18H2,1-2H3;1H. The minimum Gasteiger partial charge on any atom is -0.326 e. The molecule has 0 radical (unpaired) electrons. The lowest BCUT2D eigenvalue weighted by molar-refractivity contribution is 1.03. The van der Waals surface area contributed by atoms with E-state index in [4.69, 9.17) is 28.9 Å². The monoisotopic (exact) mass is 315 g/mol. The highest BCUT2D eigenvalue weighted by molar-refractivity contribution is 6.35. The van der Waals surface area contributed by atoms with E-state index in [0.717, 1.165) is 11.1 Å². The minimum atomic E-state index is 0. The Morgan fingerprint density at radius 2 is 1.26 bits per heavy atom. The van der Waals surface area contributed by atoms with Crippen molar-refractivity contribution in [1.82, 2.24) is 0 Å². The predicted octanol–water partition coefficient (Wildman–Crippen LogP) is 5.16. The molecule has 0 fully saturated rings. The molecule has 0 saturated heterocycles. The van der Waals surface area contributed by atoms with Gasteiger partial charge in [0.1, 0.15) is 0 Å². The van der Waals surface area contributed by atoms with E-state index in [-0.39, 0.29) is 12.4 Å². The Labute approximate surface area is 130 Å². The third kappa shape index (κ3) is 3.64. The highest BCUT2D eigenvalue weighted by atomic mass is 35.5. The van der Waals surface area contributed by atoms with Gasteiger partial charge in [-0.15, -0.1) is 12.4 Å². The Kier molecular flexibility index (Phi) is 5.69. The molecular formula is C15H16Cl3N. The van der Waals surface area contributed by atoms with E-state index >= 15 is 0 Å². The molecule has 0 aromatic heterocycles. The molecule has 0 unspecified atom stereocenters. The molecule has 2 aromatic carbocycles. The molecule has 0 heterocycles. The molecule has 2 rings (SSSR count). The average molecular weight is 317 g/mol. The highest BCUT2D eigenvalue weighted by Gasteiger charge is 2.07. The Balaban J connectivity index is 0.00000180. The molecule has 0 aliphatic rings. The van der Waals surface area contributed by atoms with Gasteiger partial charge >= 0.3 is 0 Å². The zero-order valence-corrected chi connectivity index (χ0v) is 13.2. The van der Waals surface area contributed by atoms with E-state index in [1.807, 2.05) is 12.1 Å². The van der Waals surface area contributed by atoms with Crippen molar-refractivity contribution in [2.24, 2.45) is 5.73 Å². The fourth-order valence-corrected chi connectivity index (χ4v) is 2.73. The fourth-order valence-electron chi connectivity index (χ4n) is 2.20. The first-order chi connectivity index (χ1) is 8.51. The van der Waals surface area contributed by atoms with Crippen LogP contribution in [0, 0.1) is 13.8 Å². The van der Waals surface area contributed by atoms with Gasteiger partial charge in [-0.3, -0.25) is 0 Å². The number of benzene rings is 2. The van der Waals surface area contributed by atoms with Crippen molar-refractivity contribution >= 4 is 35.6 Å². The van der Waals surface area contributed by atoms with Crippen LogP contribution in [0.15, 0.2) is 30.3 Å². The van der Waals surface area contributed by atoms with E-state index in [9.17, 15) is 0 Å². The normalized spacial score (nSPS) is 10.2. The van der Waals surface area contributed by atoms with Gasteiger partial charge in [0.25, 0.3) is 0 Å². The molecule has 2 N–H and O–H groups in total. The van der Waals surface area contributed by atoms with Gasteiger partial charge in [-0.25, -0.2) is 0 Å². The van der Waals surface area contributed by atoms with Gasteiger partial charge < -0.3 is 5.73 Å². The molecular weight excluding hydrogens is 301 g/mol. The Bertz CT molecular complexity index is 551. The molecule has 4 heteroatoms. The molecule has 102 valence electrons. The molecule has 19 heavy (non-hydrogen) atoms. The third-order valence-electron chi connectivity index (χ3n) is 3.10. The summed E-state index contributed by atoms with van der Waals surface area (Å²) in [5.74, 6) is 0. The zero-order valence-electron chi connectivity index (χ0n) is 10.8. The van der Waals surface area contributed by atoms with Crippen molar-refractivity contribution in [3.05, 3.63) is 57.1 Å². The van der Waals surface area contributed by atoms with Crippen LogP contribution < -0.4 is 5.73 Å². The first kappa shape index (κ1) is 16.3. The van der Waals surface area contributed by atoms with Crippen molar-refractivity contribution < 1.29 is 0 Å². The molecule has 2 aromatic rings. The SMILES string of the molecule is Cc1cc(-c2cc(Cl)cc(Cl)c2)cc(C)c1CN.Cl. The largest absolute Gasteiger partial charge is 0.326 e. The quantitative estimate of drug-likeness (QED) is 0.814. The van der Waals surface area contributed by atoms with Gasteiger partial charge in [-0.05, 0) is 59.9 Å². The summed E-state index contributed by atoms with van der Waals surface area (Å²) >= 11 is 12.1. The summed E-state index contributed by atoms with van der Waals surface area (Å²) in [5.41, 5.74) is 11.5. The molecule has 0 bridgehead atoms. The van der Waals surface area contributed by atoms with Crippen LogP contribution in [0.2, 0.25) is 10.0 Å². The van der Waals surface area contributed by atoms with E-state index in [2.05, 4.69) is 26.0 Å². The third-order valence-corrected chi connectivity index (χ3v) is 3.53. The molecule has 0 aliphatic heterocycles. The minimum absolute atomic E-state index is 0. The second-order valence-corrected chi connectivity index (χ2v) is 5.32. The Hall–Kier alpha value is -0.730. The summed E-state index contributed by atoms with van der Waals surface area (Å²) in [6.45, 7) is 4.71. The maximum absolute atomic E-state index is 6.03. The summed E-state index contributed by atoms with van der Waals surface area (Å²) in [5, 5.41) is 1.30. The maximum Gasteiger partial charge on any atom is 0.0426 e. The van der Waals surface area contributed by atoms with Crippen molar-refractivity contribution in [1.29, 1.82) is 0 Å². The van der Waals surface area contributed by atoms with E-state index in [1.165, 1.54) is 16.7 Å². The number of hydrogen-bond donors (Lipinski definition) is 1. The van der Waals surface area contributed by atoms with Gasteiger partial charge in [-0.2, -0.15) is 0 Å². The lowest BCUT2D eigenvalue weighted by atomic mass is 9.96. The molecule has 1 nitrogen and oxygen atoms in total. The molecule has 0 saturated carbocycles. The summed E-state index contributed by atoms with van der Waals surface area (Å²) in [7, 11) is 0. The van der Waals surface area contributed by atoms with Crippen LogP contribution in [0.4, 0.5) is 0 Å². The van der Waals surface area contributed by atoms with Crippen LogP contribution in [0.25, 0.3) is 11.1 Å². The van der Waals surface area contributed by atoms with Crippen LogP contribution in [0.3, 0.4) is 0 Å². The zero-order chi connectivity index (χ0) is 13.3. The average Bonchev–Trinajstić information content (AvgIpc) is 2.27. The number of nitrogens with two attached hydrogens (primary N) is 1. The van der Waals surface area contributed by atoms with Crippen LogP contribution in [0.5, 0.6) is 0 Å². The topological polar surface area (TPSA) is 26.0 Å². The van der Waals surface area contributed by atoms with Gasteiger partial charge in [0.2, 0.25) is 0 Å². The van der Waals surface area contributed by atoms with E-state index < -0.39 is 0 Å². The van der Waals surface area contributed by atoms with Crippen molar-refractivity contribution in [3.8, 4) is 11.1 Å². The van der Waals surface area contributed by atoms with Crippen LogP contribution in [-0.4, -0.2) is 0 Å². The van der Waals surface area contributed by atoms with Crippen LogP contribution >= 0.6 is 35.6 Å². The molecule has 0 atom stereocenters. The summed E-state index contributed by atoms with van der Waals surface area (Å²) in [4.78, 5) is 0. The Morgan fingerprint density at radius 1 is 0.842 bits per heavy atom. The van der Waals surface area contributed by atoms with Crippen LogP contribution in [-0.2, 0) is 6.54 Å². The molecule has 0 amide bonds. The number of halogens is 3. The predicted molar refractivity (Wildman–Crippen MR) is 86.5 cm³/mol. The summed E-state index contributed by atoms with van der Waals surface area (Å²) in [6.07, 6.45) is 0. The van der Waals surface area contributed by atoms with Crippen molar-refractivity contribution in [3.63, 3.8) is 0 Å². The summed E-state index contributed by atoms with van der Waals surface area (Å²) in [6, 6.07) is 9.82.